The van der Waals surface area contributed by atoms with Crippen molar-refractivity contribution in [3.05, 3.63) is 48.3 Å². The molecule has 1 fully saturated rings. The third-order valence-corrected chi connectivity index (χ3v) is 3.80. The van der Waals surface area contributed by atoms with Crippen molar-refractivity contribution in [2.45, 2.75) is 13.5 Å². The van der Waals surface area contributed by atoms with Crippen molar-refractivity contribution in [1.82, 2.24) is 19.4 Å². The Morgan fingerprint density at radius 2 is 2.10 bits per heavy atom. The second-order valence-corrected chi connectivity index (χ2v) is 5.31. The first-order chi connectivity index (χ1) is 10.3. The van der Waals surface area contributed by atoms with Gasteiger partial charge in [-0.1, -0.05) is 12.1 Å². The number of allylic oxidation sites excluding steroid dienone is 1. The van der Waals surface area contributed by atoms with E-state index in [1.54, 1.807) is 12.2 Å². The van der Waals surface area contributed by atoms with Gasteiger partial charge in [0.2, 0.25) is 5.91 Å². The molecule has 1 aliphatic rings. The minimum atomic E-state index is 0.116. The molecule has 0 unspecified atom stereocenters. The summed E-state index contributed by atoms with van der Waals surface area (Å²) in [6.07, 6.45) is 5.40. The number of carbonyl (C=O) groups is 1. The van der Waals surface area contributed by atoms with Gasteiger partial charge in [0, 0.05) is 38.9 Å². The second kappa shape index (κ2) is 6.10. The molecule has 110 valence electrons. The Bertz CT molecular complexity index is 620. The van der Waals surface area contributed by atoms with E-state index >= 15 is 0 Å². The minimum absolute atomic E-state index is 0.116. The summed E-state index contributed by atoms with van der Waals surface area (Å²) in [5, 5.41) is 4.57. The lowest BCUT2D eigenvalue weighted by Gasteiger charge is -2.33. The van der Waals surface area contributed by atoms with Crippen molar-refractivity contribution in [2.75, 3.05) is 26.2 Å². The third kappa shape index (κ3) is 3.13. The predicted octanol–water partition coefficient (Wildman–Crippen LogP) is 1.55. The molecule has 1 aliphatic heterocycles. The van der Waals surface area contributed by atoms with Crippen LogP contribution in [0, 0.1) is 0 Å². The average molecular weight is 284 g/mol. The molecule has 0 spiro atoms. The van der Waals surface area contributed by atoms with Gasteiger partial charge in [-0.2, -0.15) is 5.10 Å². The summed E-state index contributed by atoms with van der Waals surface area (Å²) in [6.45, 7) is 6.09. The zero-order valence-corrected chi connectivity index (χ0v) is 12.3. The zero-order chi connectivity index (χ0) is 14.7. The lowest BCUT2D eigenvalue weighted by atomic mass is 10.2. The van der Waals surface area contributed by atoms with Gasteiger partial charge in [0.25, 0.3) is 0 Å². The van der Waals surface area contributed by atoms with Crippen LogP contribution in [0.4, 0.5) is 0 Å². The summed E-state index contributed by atoms with van der Waals surface area (Å²) < 4.78 is 1.90. The molecule has 0 N–H and O–H groups in total. The van der Waals surface area contributed by atoms with E-state index in [2.05, 4.69) is 22.1 Å². The molecule has 1 saturated heterocycles. The number of hydrogen-bond donors (Lipinski definition) is 0. The van der Waals surface area contributed by atoms with Gasteiger partial charge < -0.3 is 4.90 Å². The van der Waals surface area contributed by atoms with Crippen molar-refractivity contribution in [3.8, 4) is 0 Å². The van der Waals surface area contributed by atoms with Gasteiger partial charge in [-0.3, -0.25) is 9.69 Å². The molecule has 2 aromatic rings. The number of amides is 1. The summed E-state index contributed by atoms with van der Waals surface area (Å²) in [4.78, 5) is 16.0. The number of fused-ring (bicyclic) bond motifs is 1. The monoisotopic (exact) mass is 284 g/mol. The summed E-state index contributed by atoms with van der Waals surface area (Å²) in [5.74, 6) is 0.116. The van der Waals surface area contributed by atoms with Gasteiger partial charge in [-0.15, -0.1) is 0 Å². The first kappa shape index (κ1) is 13.8. The molecule has 5 heteroatoms. The maximum atomic E-state index is 11.8. The topological polar surface area (TPSA) is 40.9 Å². The molecule has 1 amide bonds. The first-order valence-electron chi connectivity index (χ1n) is 7.33. The summed E-state index contributed by atoms with van der Waals surface area (Å²) >= 11 is 0. The van der Waals surface area contributed by atoms with Gasteiger partial charge in [-0.25, -0.2) is 4.52 Å². The fourth-order valence-electron chi connectivity index (χ4n) is 2.67. The van der Waals surface area contributed by atoms with Crippen LogP contribution in [0.2, 0.25) is 0 Å². The Kier molecular flexibility index (Phi) is 4.01. The molecular weight excluding hydrogens is 264 g/mol. The molecule has 5 nitrogen and oxygen atoms in total. The lowest BCUT2D eigenvalue weighted by molar-refractivity contribution is -0.127. The Labute approximate surface area is 124 Å². The van der Waals surface area contributed by atoms with Crippen molar-refractivity contribution in [2.24, 2.45) is 0 Å². The van der Waals surface area contributed by atoms with Gasteiger partial charge in [0.1, 0.15) is 0 Å². The van der Waals surface area contributed by atoms with Gasteiger partial charge in [0.05, 0.1) is 11.2 Å². The van der Waals surface area contributed by atoms with E-state index in [0.29, 0.717) is 0 Å². The Hall–Kier alpha value is -2.14. The van der Waals surface area contributed by atoms with Crippen LogP contribution in [0.3, 0.4) is 0 Å². The predicted molar refractivity (Wildman–Crippen MR) is 81.9 cm³/mol. The quantitative estimate of drug-likeness (QED) is 0.803. The molecule has 0 aliphatic carbocycles. The van der Waals surface area contributed by atoms with E-state index in [0.717, 1.165) is 43.9 Å². The molecule has 21 heavy (non-hydrogen) atoms. The maximum absolute atomic E-state index is 11.8. The normalized spacial score (nSPS) is 16.9. The molecule has 3 heterocycles. The fraction of sp³-hybridized carbons (Fsp3) is 0.375. The minimum Gasteiger partial charge on any atom is -0.337 e. The van der Waals surface area contributed by atoms with Crippen LogP contribution in [-0.4, -0.2) is 51.5 Å². The Morgan fingerprint density at radius 1 is 1.29 bits per heavy atom. The lowest BCUT2D eigenvalue weighted by Crippen LogP contribution is -2.47. The van der Waals surface area contributed by atoms with Crippen molar-refractivity contribution < 1.29 is 4.79 Å². The zero-order valence-electron chi connectivity index (χ0n) is 12.3. The number of pyridine rings is 1. The van der Waals surface area contributed by atoms with Crippen molar-refractivity contribution in [3.63, 3.8) is 0 Å². The molecule has 0 radical (unpaired) electrons. The highest BCUT2D eigenvalue weighted by Gasteiger charge is 2.20. The van der Waals surface area contributed by atoms with Crippen LogP contribution in [0.25, 0.3) is 5.52 Å². The largest absolute Gasteiger partial charge is 0.337 e. The van der Waals surface area contributed by atoms with Crippen LogP contribution in [0.15, 0.2) is 42.6 Å². The number of nitrogens with zero attached hydrogens (tertiary/aromatic N) is 4. The highest BCUT2D eigenvalue weighted by molar-refractivity contribution is 5.87. The molecule has 0 saturated carbocycles. The smallest absolute Gasteiger partial charge is 0.246 e. The van der Waals surface area contributed by atoms with E-state index < -0.39 is 0 Å². The van der Waals surface area contributed by atoms with Crippen molar-refractivity contribution in [1.29, 1.82) is 0 Å². The van der Waals surface area contributed by atoms with Crippen LogP contribution < -0.4 is 0 Å². The van der Waals surface area contributed by atoms with Crippen LogP contribution >= 0.6 is 0 Å². The summed E-state index contributed by atoms with van der Waals surface area (Å²) in [5.41, 5.74) is 2.20. The summed E-state index contributed by atoms with van der Waals surface area (Å²) in [6, 6.07) is 8.18. The number of hydrogen-bond acceptors (Lipinski definition) is 3. The standard InChI is InChI=1S/C16H20N4O/c1-2-5-16(21)19-10-8-18(9-11-19)13-14-12-15-6-3-4-7-20(15)17-14/h2-7,12H,8-11,13H2,1H3. The van der Waals surface area contributed by atoms with Crippen LogP contribution in [-0.2, 0) is 11.3 Å². The van der Waals surface area contributed by atoms with E-state index in [1.165, 1.54) is 0 Å². The van der Waals surface area contributed by atoms with Crippen molar-refractivity contribution >= 4 is 11.4 Å². The molecule has 0 bridgehead atoms. The van der Waals surface area contributed by atoms with E-state index in [-0.39, 0.29) is 5.91 Å². The fourth-order valence-corrected chi connectivity index (χ4v) is 2.67. The van der Waals surface area contributed by atoms with E-state index in [1.807, 2.05) is 34.7 Å². The Morgan fingerprint density at radius 3 is 2.81 bits per heavy atom. The van der Waals surface area contributed by atoms with Gasteiger partial charge in [0.15, 0.2) is 0 Å². The number of piperazine rings is 1. The van der Waals surface area contributed by atoms with E-state index in [9.17, 15) is 4.79 Å². The molecule has 3 rings (SSSR count). The molecule has 0 atom stereocenters. The molecule has 0 aromatic carbocycles. The number of rotatable bonds is 3. The number of carbonyl (C=O) groups excluding carboxylic acids is 1. The third-order valence-electron chi connectivity index (χ3n) is 3.80. The van der Waals surface area contributed by atoms with Gasteiger partial charge >= 0.3 is 0 Å². The Balaban J connectivity index is 1.59. The van der Waals surface area contributed by atoms with Crippen LogP contribution in [0.5, 0.6) is 0 Å². The van der Waals surface area contributed by atoms with Crippen LogP contribution in [0.1, 0.15) is 12.6 Å². The summed E-state index contributed by atoms with van der Waals surface area (Å²) in [7, 11) is 0. The number of aromatic nitrogens is 2. The average Bonchev–Trinajstić information content (AvgIpc) is 2.90. The maximum Gasteiger partial charge on any atom is 0.246 e. The second-order valence-electron chi connectivity index (χ2n) is 5.31. The van der Waals surface area contributed by atoms with Gasteiger partial charge in [-0.05, 0) is 31.2 Å². The highest BCUT2D eigenvalue weighted by atomic mass is 16.2. The first-order valence-corrected chi connectivity index (χ1v) is 7.33. The van der Waals surface area contributed by atoms with E-state index in [4.69, 9.17) is 0 Å². The SMILES string of the molecule is CC=CC(=O)N1CCN(Cc2cc3ccccn3n2)CC1. The molecular formula is C16H20N4O. The molecule has 2 aromatic heterocycles. The highest BCUT2D eigenvalue weighted by Crippen LogP contribution is 2.11.